The Morgan fingerprint density at radius 2 is 1.61 bits per heavy atom. The SMILES string of the molecule is CS(=O)(=O)N(CC(=O)N(Cc1ccc(Br)cc1)[C@H](Cc1ccccc1)C(=O)NC1CCCC1)c1ccc(Cl)c(Cl)c1. The van der Waals surface area contributed by atoms with Crippen molar-refractivity contribution < 1.29 is 18.0 Å². The van der Waals surface area contributed by atoms with Crippen LogP contribution in [0, 0.1) is 0 Å². The van der Waals surface area contributed by atoms with Gasteiger partial charge in [-0.2, -0.15) is 0 Å². The maximum atomic E-state index is 14.1. The van der Waals surface area contributed by atoms with Crippen LogP contribution in [0.25, 0.3) is 0 Å². The van der Waals surface area contributed by atoms with Crippen molar-refractivity contribution in [3.05, 3.63) is 98.4 Å². The Kier molecular flexibility index (Phi) is 10.7. The van der Waals surface area contributed by atoms with Gasteiger partial charge in [0.2, 0.25) is 21.8 Å². The third kappa shape index (κ3) is 8.70. The third-order valence-corrected chi connectivity index (χ3v) is 9.52. The fourth-order valence-electron chi connectivity index (χ4n) is 4.96. The van der Waals surface area contributed by atoms with E-state index in [-0.39, 0.29) is 40.6 Å². The number of carbonyl (C=O) groups excluding carboxylic acids is 2. The van der Waals surface area contributed by atoms with Crippen LogP contribution in [0.1, 0.15) is 36.8 Å². The second-order valence-electron chi connectivity index (χ2n) is 10.2. The van der Waals surface area contributed by atoms with Crippen molar-refractivity contribution in [2.24, 2.45) is 0 Å². The molecule has 1 aliphatic rings. The van der Waals surface area contributed by atoms with Crippen LogP contribution < -0.4 is 9.62 Å². The van der Waals surface area contributed by atoms with E-state index in [4.69, 9.17) is 23.2 Å². The highest BCUT2D eigenvalue weighted by Crippen LogP contribution is 2.29. The van der Waals surface area contributed by atoms with Crippen molar-refractivity contribution in [3.63, 3.8) is 0 Å². The number of hydrogen-bond acceptors (Lipinski definition) is 4. The molecule has 3 aromatic rings. The van der Waals surface area contributed by atoms with Gasteiger partial charge in [-0.15, -0.1) is 0 Å². The monoisotopic (exact) mass is 679 g/mol. The lowest BCUT2D eigenvalue weighted by atomic mass is 10.0. The first kappa shape index (κ1) is 31.3. The molecule has 2 amide bonds. The molecule has 0 bridgehead atoms. The molecule has 3 aromatic carbocycles. The number of sulfonamides is 1. The summed E-state index contributed by atoms with van der Waals surface area (Å²) in [5.74, 6) is -0.779. The van der Waals surface area contributed by atoms with Gasteiger partial charge in [-0.1, -0.05) is 94.4 Å². The predicted molar refractivity (Wildman–Crippen MR) is 168 cm³/mol. The number of nitrogens with zero attached hydrogens (tertiary/aromatic N) is 2. The van der Waals surface area contributed by atoms with Gasteiger partial charge < -0.3 is 10.2 Å². The van der Waals surface area contributed by atoms with E-state index >= 15 is 0 Å². The van der Waals surface area contributed by atoms with Gasteiger partial charge in [0.25, 0.3) is 0 Å². The van der Waals surface area contributed by atoms with Crippen molar-refractivity contribution in [1.29, 1.82) is 0 Å². The molecule has 218 valence electrons. The highest BCUT2D eigenvalue weighted by atomic mass is 79.9. The van der Waals surface area contributed by atoms with Gasteiger partial charge >= 0.3 is 0 Å². The maximum Gasteiger partial charge on any atom is 0.244 e. The van der Waals surface area contributed by atoms with Gasteiger partial charge in [0.1, 0.15) is 12.6 Å². The minimum absolute atomic E-state index is 0.0501. The Morgan fingerprint density at radius 3 is 2.22 bits per heavy atom. The molecular formula is C30H32BrCl2N3O4S. The van der Waals surface area contributed by atoms with Gasteiger partial charge in [0.15, 0.2) is 0 Å². The van der Waals surface area contributed by atoms with Crippen LogP contribution >= 0.6 is 39.1 Å². The van der Waals surface area contributed by atoms with Crippen molar-refractivity contribution >= 4 is 66.7 Å². The number of carbonyl (C=O) groups is 2. The fourth-order valence-corrected chi connectivity index (χ4v) is 6.36. The standard InChI is InChI=1S/C30H32BrCl2N3O4S/c1-41(39,40)36(25-15-16-26(32)27(33)18-25)20-29(37)35(19-22-11-13-23(31)14-12-22)28(17-21-7-3-2-4-8-21)30(38)34-24-9-5-6-10-24/h2-4,7-8,11-16,18,24,28H,5-6,9-10,17,19-20H2,1H3,(H,34,38)/t28-/m1/s1. The second kappa shape index (κ2) is 14.1. The van der Waals surface area contributed by atoms with Gasteiger partial charge in [0, 0.05) is 23.5 Å². The molecule has 0 aliphatic heterocycles. The van der Waals surface area contributed by atoms with Crippen LogP contribution in [0.5, 0.6) is 0 Å². The zero-order valence-electron chi connectivity index (χ0n) is 22.6. The van der Waals surface area contributed by atoms with E-state index in [1.807, 2.05) is 54.6 Å². The second-order valence-corrected chi connectivity index (χ2v) is 13.8. The molecule has 11 heteroatoms. The number of nitrogens with one attached hydrogen (secondary N) is 1. The maximum absolute atomic E-state index is 14.1. The average molecular weight is 681 g/mol. The first-order valence-corrected chi connectivity index (χ1v) is 16.7. The highest BCUT2D eigenvalue weighted by Gasteiger charge is 2.34. The lowest BCUT2D eigenvalue weighted by Gasteiger charge is -2.34. The molecule has 0 saturated heterocycles. The summed E-state index contributed by atoms with van der Waals surface area (Å²) < 4.78 is 27.7. The minimum Gasteiger partial charge on any atom is -0.352 e. The summed E-state index contributed by atoms with van der Waals surface area (Å²) in [6, 6.07) is 20.5. The summed E-state index contributed by atoms with van der Waals surface area (Å²) in [6.07, 6.45) is 5.17. The molecule has 0 spiro atoms. The molecule has 1 N–H and O–H groups in total. The molecule has 1 aliphatic carbocycles. The number of anilines is 1. The average Bonchev–Trinajstić information content (AvgIpc) is 3.45. The molecule has 1 atom stereocenters. The van der Waals surface area contributed by atoms with Crippen LogP contribution in [0.4, 0.5) is 5.69 Å². The third-order valence-electron chi connectivity index (χ3n) is 7.11. The van der Waals surface area contributed by atoms with Crippen LogP contribution in [0.15, 0.2) is 77.3 Å². The summed E-state index contributed by atoms with van der Waals surface area (Å²) in [5.41, 5.74) is 1.89. The Balaban J connectivity index is 1.72. The first-order valence-electron chi connectivity index (χ1n) is 13.3. The molecular weight excluding hydrogens is 649 g/mol. The Hall–Kier alpha value is -2.59. The summed E-state index contributed by atoms with van der Waals surface area (Å²) in [4.78, 5) is 29.5. The van der Waals surface area contributed by atoms with E-state index in [1.54, 1.807) is 0 Å². The number of halogens is 3. The number of amides is 2. The molecule has 1 fully saturated rings. The predicted octanol–water partition coefficient (Wildman–Crippen LogP) is 6.22. The molecule has 0 unspecified atom stereocenters. The topological polar surface area (TPSA) is 86.8 Å². The van der Waals surface area contributed by atoms with Crippen LogP contribution in [0.2, 0.25) is 10.0 Å². The number of benzene rings is 3. The van der Waals surface area contributed by atoms with Crippen LogP contribution in [-0.4, -0.2) is 50.0 Å². The number of rotatable bonds is 11. The first-order chi connectivity index (χ1) is 19.5. The van der Waals surface area contributed by atoms with E-state index in [0.717, 1.165) is 51.8 Å². The molecule has 0 heterocycles. The lowest BCUT2D eigenvalue weighted by molar-refractivity contribution is -0.140. The normalized spacial score (nSPS) is 14.4. The summed E-state index contributed by atoms with van der Waals surface area (Å²) in [6.45, 7) is -0.407. The van der Waals surface area contributed by atoms with Crippen LogP contribution in [-0.2, 0) is 32.6 Å². The van der Waals surface area contributed by atoms with Crippen LogP contribution in [0.3, 0.4) is 0 Å². The smallest absolute Gasteiger partial charge is 0.244 e. The van der Waals surface area contributed by atoms with E-state index < -0.39 is 28.5 Å². The van der Waals surface area contributed by atoms with E-state index in [1.165, 1.54) is 23.1 Å². The molecule has 4 rings (SSSR count). The summed E-state index contributed by atoms with van der Waals surface area (Å²) in [7, 11) is -3.90. The fraction of sp³-hybridized carbons (Fsp3) is 0.333. The van der Waals surface area contributed by atoms with Gasteiger partial charge in [-0.05, 0) is 54.3 Å². The van der Waals surface area contributed by atoms with Crippen molar-refractivity contribution in [2.75, 3.05) is 17.1 Å². The van der Waals surface area contributed by atoms with Gasteiger partial charge in [0.05, 0.1) is 22.0 Å². The highest BCUT2D eigenvalue weighted by molar-refractivity contribution is 9.10. The van der Waals surface area contributed by atoms with Crippen molar-refractivity contribution in [2.45, 2.75) is 50.7 Å². The summed E-state index contributed by atoms with van der Waals surface area (Å²) in [5, 5.41) is 3.58. The Morgan fingerprint density at radius 1 is 0.951 bits per heavy atom. The minimum atomic E-state index is -3.90. The molecule has 41 heavy (non-hydrogen) atoms. The molecule has 1 saturated carbocycles. The van der Waals surface area contributed by atoms with Gasteiger partial charge in [-0.3, -0.25) is 13.9 Å². The largest absolute Gasteiger partial charge is 0.352 e. The summed E-state index contributed by atoms with van der Waals surface area (Å²) >= 11 is 15.7. The molecule has 7 nitrogen and oxygen atoms in total. The van der Waals surface area contributed by atoms with Crippen molar-refractivity contribution in [1.82, 2.24) is 10.2 Å². The molecule has 0 aromatic heterocycles. The van der Waals surface area contributed by atoms with E-state index in [9.17, 15) is 18.0 Å². The quantitative estimate of drug-likeness (QED) is 0.261. The lowest BCUT2D eigenvalue weighted by Crippen LogP contribution is -2.54. The zero-order chi connectivity index (χ0) is 29.6. The number of hydrogen-bond donors (Lipinski definition) is 1. The van der Waals surface area contributed by atoms with Crippen molar-refractivity contribution in [3.8, 4) is 0 Å². The Bertz CT molecular complexity index is 1470. The molecule has 0 radical (unpaired) electrons. The van der Waals surface area contributed by atoms with Gasteiger partial charge in [-0.25, -0.2) is 8.42 Å². The zero-order valence-corrected chi connectivity index (χ0v) is 26.5. The van der Waals surface area contributed by atoms with E-state index in [2.05, 4.69) is 21.2 Å². The Labute approximate surface area is 260 Å². The van der Waals surface area contributed by atoms with E-state index in [0.29, 0.717) is 0 Å².